The van der Waals surface area contributed by atoms with Gasteiger partial charge < -0.3 is 16.0 Å². The molecule has 2 aliphatic rings. The van der Waals surface area contributed by atoms with Crippen molar-refractivity contribution < 1.29 is 9.59 Å². The number of carbonyl (C=O) groups excluding carboxylic acids is 2. The van der Waals surface area contributed by atoms with Crippen LogP contribution in [0.4, 0.5) is 0 Å². The topological polar surface area (TPSA) is 75.4 Å². The molecule has 1 aliphatic heterocycles. The van der Waals surface area contributed by atoms with Crippen LogP contribution in [0.5, 0.6) is 0 Å². The summed E-state index contributed by atoms with van der Waals surface area (Å²) in [7, 11) is 0. The molecule has 0 spiro atoms. The largest absolute Gasteiger partial charge is 0.345 e. The van der Waals surface area contributed by atoms with Gasteiger partial charge in [0, 0.05) is 25.6 Å². The van der Waals surface area contributed by atoms with Gasteiger partial charge in [0.1, 0.15) is 6.04 Å². The standard InChI is InChI=1S/C18H33N3O2/c1-13(20-16(22)11-14-7-5-4-6-8-14)17(23)21-10-9-15(19)18(2,3)12-21/h13-15H,4-12,19H2,1-3H3,(H,20,22). The Bertz CT molecular complexity index is 430. The van der Waals surface area contributed by atoms with Crippen LogP contribution in [0.25, 0.3) is 0 Å². The van der Waals surface area contributed by atoms with Crippen molar-refractivity contribution in [1.82, 2.24) is 10.2 Å². The van der Waals surface area contributed by atoms with Gasteiger partial charge in [-0.15, -0.1) is 0 Å². The van der Waals surface area contributed by atoms with Crippen LogP contribution in [0.3, 0.4) is 0 Å². The Morgan fingerprint density at radius 3 is 2.48 bits per heavy atom. The lowest BCUT2D eigenvalue weighted by Gasteiger charge is -2.43. The second-order valence-corrected chi connectivity index (χ2v) is 8.14. The lowest BCUT2D eigenvalue weighted by Crippen LogP contribution is -2.57. The fraction of sp³-hybridized carbons (Fsp3) is 0.889. The quantitative estimate of drug-likeness (QED) is 0.831. The van der Waals surface area contributed by atoms with Crippen molar-refractivity contribution in [2.24, 2.45) is 17.1 Å². The summed E-state index contributed by atoms with van der Waals surface area (Å²) in [6, 6.07) is -0.320. The van der Waals surface area contributed by atoms with Crippen LogP contribution in [0.2, 0.25) is 0 Å². The van der Waals surface area contributed by atoms with Gasteiger partial charge in [-0.2, -0.15) is 0 Å². The molecule has 3 N–H and O–H groups in total. The molecule has 2 unspecified atom stereocenters. The number of carbonyl (C=O) groups is 2. The predicted molar refractivity (Wildman–Crippen MR) is 91.8 cm³/mol. The van der Waals surface area contributed by atoms with E-state index in [-0.39, 0.29) is 23.3 Å². The van der Waals surface area contributed by atoms with E-state index in [2.05, 4.69) is 19.2 Å². The normalized spacial score (nSPS) is 26.6. The number of nitrogens with two attached hydrogens (primary N) is 1. The molecule has 0 bridgehead atoms. The van der Waals surface area contributed by atoms with Crippen LogP contribution in [0.15, 0.2) is 0 Å². The van der Waals surface area contributed by atoms with Gasteiger partial charge in [0.05, 0.1) is 0 Å². The van der Waals surface area contributed by atoms with E-state index in [1.54, 1.807) is 6.92 Å². The van der Waals surface area contributed by atoms with Crippen LogP contribution < -0.4 is 11.1 Å². The number of amides is 2. The molecular weight excluding hydrogens is 290 g/mol. The zero-order chi connectivity index (χ0) is 17.0. The molecule has 2 rings (SSSR count). The highest BCUT2D eigenvalue weighted by Gasteiger charge is 2.36. The van der Waals surface area contributed by atoms with E-state index < -0.39 is 6.04 Å². The first-order valence-electron chi connectivity index (χ1n) is 9.13. The van der Waals surface area contributed by atoms with E-state index in [0.717, 1.165) is 19.3 Å². The average molecular weight is 323 g/mol. The number of likely N-dealkylation sites (tertiary alicyclic amines) is 1. The summed E-state index contributed by atoms with van der Waals surface area (Å²) in [5, 5.41) is 2.90. The number of nitrogens with one attached hydrogen (secondary N) is 1. The lowest BCUT2D eigenvalue weighted by atomic mass is 9.79. The number of hydrogen-bond donors (Lipinski definition) is 2. The van der Waals surface area contributed by atoms with E-state index >= 15 is 0 Å². The molecule has 5 nitrogen and oxygen atoms in total. The SMILES string of the molecule is CC(NC(=O)CC1CCCCC1)C(=O)N1CCC(N)C(C)(C)C1. The molecule has 1 saturated carbocycles. The van der Waals surface area contributed by atoms with Crippen LogP contribution in [-0.4, -0.2) is 41.9 Å². The summed E-state index contributed by atoms with van der Waals surface area (Å²) in [6.07, 6.45) is 7.43. The van der Waals surface area contributed by atoms with Crippen molar-refractivity contribution in [3.05, 3.63) is 0 Å². The molecule has 1 saturated heterocycles. The Morgan fingerprint density at radius 1 is 1.22 bits per heavy atom. The first kappa shape index (κ1) is 18.2. The zero-order valence-corrected chi connectivity index (χ0v) is 14.9. The second-order valence-electron chi connectivity index (χ2n) is 8.14. The van der Waals surface area contributed by atoms with Gasteiger partial charge in [-0.3, -0.25) is 9.59 Å². The maximum Gasteiger partial charge on any atom is 0.244 e. The van der Waals surface area contributed by atoms with Crippen molar-refractivity contribution >= 4 is 11.8 Å². The monoisotopic (exact) mass is 323 g/mol. The highest BCUT2D eigenvalue weighted by Crippen LogP contribution is 2.28. The molecular formula is C18H33N3O2. The maximum absolute atomic E-state index is 12.6. The summed E-state index contributed by atoms with van der Waals surface area (Å²) in [5.74, 6) is 0.533. The van der Waals surface area contributed by atoms with E-state index in [1.807, 2.05) is 4.90 Å². The molecule has 132 valence electrons. The van der Waals surface area contributed by atoms with Crippen LogP contribution >= 0.6 is 0 Å². The number of nitrogens with zero attached hydrogens (tertiary/aromatic N) is 1. The second kappa shape index (κ2) is 7.65. The first-order valence-corrected chi connectivity index (χ1v) is 9.13. The van der Waals surface area contributed by atoms with E-state index in [0.29, 0.717) is 25.4 Å². The molecule has 1 aliphatic carbocycles. The van der Waals surface area contributed by atoms with Crippen molar-refractivity contribution in [2.75, 3.05) is 13.1 Å². The Morgan fingerprint density at radius 2 is 1.87 bits per heavy atom. The van der Waals surface area contributed by atoms with E-state index in [9.17, 15) is 9.59 Å². The summed E-state index contributed by atoms with van der Waals surface area (Å²) < 4.78 is 0. The van der Waals surface area contributed by atoms with E-state index in [1.165, 1.54) is 19.3 Å². The zero-order valence-electron chi connectivity index (χ0n) is 14.9. The Labute approximate surface area is 140 Å². The summed E-state index contributed by atoms with van der Waals surface area (Å²) in [5.41, 5.74) is 6.06. The molecule has 0 aromatic rings. The lowest BCUT2D eigenvalue weighted by molar-refractivity contribution is -0.139. The predicted octanol–water partition coefficient (Wildman–Crippen LogP) is 2.05. The fourth-order valence-electron chi connectivity index (χ4n) is 3.85. The van der Waals surface area contributed by atoms with Crippen LogP contribution in [0.1, 0.15) is 65.7 Å². The van der Waals surface area contributed by atoms with Gasteiger partial charge in [-0.05, 0) is 37.5 Å². The Hall–Kier alpha value is -1.10. The van der Waals surface area contributed by atoms with Crippen molar-refractivity contribution in [1.29, 1.82) is 0 Å². The summed E-state index contributed by atoms with van der Waals surface area (Å²) in [4.78, 5) is 26.6. The van der Waals surface area contributed by atoms with Gasteiger partial charge in [-0.1, -0.05) is 33.1 Å². The van der Waals surface area contributed by atoms with Gasteiger partial charge in [0.25, 0.3) is 0 Å². The summed E-state index contributed by atoms with van der Waals surface area (Å²) in [6.45, 7) is 7.34. The molecule has 1 heterocycles. The Balaban J connectivity index is 1.81. The third-order valence-electron chi connectivity index (χ3n) is 5.57. The van der Waals surface area contributed by atoms with Gasteiger partial charge in [0.15, 0.2) is 0 Å². The molecule has 5 heteroatoms. The number of rotatable bonds is 4. The minimum absolute atomic E-state index is 0.0157. The van der Waals surface area contributed by atoms with Crippen LogP contribution in [0, 0.1) is 11.3 Å². The van der Waals surface area contributed by atoms with Crippen LogP contribution in [-0.2, 0) is 9.59 Å². The number of piperidine rings is 1. The highest BCUT2D eigenvalue weighted by atomic mass is 16.2. The maximum atomic E-state index is 12.6. The van der Waals surface area contributed by atoms with Crippen molar-refractivity contribution in [3.8, 4) is 0 Å². The Kier molecular flexibility index (Phi) is 6.06. The highest BCUT2D eigenvalue weighted by molar-refractivity contribution is 5.87. The van der Waals surface area contributed by atoms with Crippen molar-refractivity contribution in [2.45, 2.75) is 77.8 Å². The minimum atomic E-state index is -0.448. The molecule has 0 aromatic heterocycles. The van der Waals surface area contributed by atoms with Crippen molar-refractivity contribution in [3.63, 3.8) is 0 Å². The fourth-order valence-corrected chi connectivity index (χ4v) is 3.85. The number of hydrogen-bond acceptors (Lipinski definition) is 3. The van der Waals surface area contributed by atoms with E-state index in [4.69, 9.17) is 5.73 Å². The van der Waals surface area contributed by atoms with Gasteiger partial charge >= 0.3 is 0 Å². The average Bonchev–Trinajstić information content (AvgIpc) is 2.50. The third kappa shape index (κ3) is 4.93. The smallest absolute Gasteiger partial charge is 0.244 e. The minimum Gasteiger partial charge on any atom is -0.345 e. The molecule has 23 heavy (non-hydrogen) atoms. The van der Waals surface area contributed by atoms with Gasteiger partial charge in [-0.25, -0.2) is 0 Å². The summed E-state index contributed by atoms with van der Waals surface area (Å²) >= 11 is 0. The molecule has 2 amide bonds. The first-order chi connectivity index (χ1) is 10.8. The third-order valence-corrected chi connectivity index (χ3v) is 5.57. The molecule has 2 atom stereocenters. The molecule has 0 aromatic carbocycles. The molecule has 2 fully saturated rings. The van der Waals surface area contributed by atoms with Gasteiger partial charge in [0.2, 0.25) is 11.8 Å². The molecule has 0 radical (unpaired) electrons.